The molecular weight excluding hydrogens is 232 g/mol. The lowest BCUT2D eigenvalue weighted by Gasteiger charge is -2.10. The molecule has 1 aliphatic rings. The van der Waals surface area contributed by atoms with Crippen LogP contribution in [0.25, 0.3) is 5.70 Å². The summed E-state index contributed by atoms with van der Waals surface area (Å²) in [6, 6.07) is 0. The van der Waals surface area contributed by atoms with Gasteiger partial charge in [0.1, 0.15) is 19.0 Å². The summed E-state index contributed by atoms with van der Waals surface area (Å²) in [5.41, 5.74) is 2.63. The number of aromatic nitrogens is 2. The number of nitrogens with one attached hydrogen (secondary N) is 1. The summed E-state index contributed by atoms with van der Waals surface area (Å²) >= 11 is 0. The van der Waals surface area contributed by atoms with Crippen molar-refractivity contribution in [3.8, 4) is 0 Å². The quantitative estimate of drug-likeness (QED) is 0.337. The third-order valence-electron chi connectivity index (χ3n) is 2.16. The SMILES string of the molecule is NN1NOC=C1c1ncc([N+](=O)[O-])n1CCO. The highest BCUT2D eigenvalue weighted by molar-refractivity contribution is 5.58. The van der Waals surface area contributed by atoms with Gasteiger partial charge in [0, 0.05) is 0 Å². The Morgan fingerprint density at radius 1 is 1.71 bits per heavy atom. The summed E-state index contributed by atoms with van der Waals surface area (Å²) in [7, 11) is 0. The van der Waals surface area contributed by atoms with Crippen molar-refractivity contribution in [1.82, 2.24) is 20.3 Å². The van der Waals surface area contributed by atoms with Gasteiger partial charge in [0.2, 0.25) is 0 Å². The number of hydrazine groups is 2. The molecule has 10 heteroatoms. The van der Waals surface area contributed by atoms with Gasteiger partial charge in [0.25, 0.3) is 5.82 Å². The molecule has 0 fully saturated rings. The highest BCUT2D eigenvalue weighted by Gasteiger charge is 2.28. The predicted octanol–water partition coefficient (Wildman–Crippen LogP) is -1.29. The van der Waals surface area contributed by atoms with Gasteiger partial charge >= 0.3 is 5.82 Å². The standard InChI is InChI=1S/C7H10N6O4/c8-12-5(4-17-10-12)7-9-3-6(13(15)16)11(7)1-2-14/h3-4,10,14H,1-2,8H2. The van der Waals surface area contributed by atoms with E-state index >= 15 is 0 Å². The Hall–Kier alpha value is -2.17. The van der Waals surface area contributed by atoms with Gasteiger partial charge in [-0.1, -0.05) is 5.59 Å². The van der Waals surface area contributed by atoms with Gasteiger partial charge in [-0.2, -0.15) is 0 Å². The van der Waals surface area contributed by atoms with Crippen LogP contribution in [0.2, 0.25) is 0 Å². The normalized spacial score (nSPS) is 14.7. The molecule has 4 N–H and O–H groups in total. The van der Waals surface area contributed by atoms with Gasteiger partial charge in [-0.15, -0.1) is 0 Å². The van der Waals surface area contributed by atoms with Crippen molar-refractivity contribution in [2.24, 2.45) is 5.84 Å². The number of aliphatic hydroxyl groups excluding tert-OH is 1. The van der Waals surface area contributed by atoms with Gasteiger partial charge in [-0.25, -0.2) is 20.5 Å². The Kier molecular flexibility index (Phi) is 2.91. The van der Waals surface area contributed by atoms with Crippen molar-refractivity contribution >= 4 is 11.5 Å². The third kappa shape index (κ3) is 1.91. The molecule has 17 heavy (non-hydrogen) atoms. The first kappa shape index (κ1) is 11.3. The first-order valence-corrected chi connectivity index (χ1v) is 4.62. The number of hydrogen-bond donors (Lipinski definition) is 3. The topological polar surface area (TPSA) is 132 Å². The molecule has 0 radical (unpaired) electrons. The monoisotopic (exact) mass is 242 g/mol. The summed E-state index contributed by atoms with van der Waals surface area (Å²) in [5, 5.41) is 20.7. The molecule has 0 unspecified atom stereocenters. The lowest BCUT2D eigenvalue weighted by atomic mass is 10.4. The van der Waals surface area contributed by atoms with Crippen LogP contribution in [-0.4, -0.2) is 31.3 Å². The van der Waals surface area contributed by atoms with E-state index in [0.717, 1.165) is 11.3 Å². The molecule has 0 bridgehead atoms. The van der Waals surface area contributed by atoms with Crippen molar-refractivity contribution in [1.29, 1.82) is 0 Å². The second-order valence-corrected chi connectivity index (χ2v) is 3.15. The fourth-order valence-corrected chi connectivity index (χ4v) is 1.44. The number of imidazole rings is 1. The van der Waals surface area contributed by atoms with E-state index in [1.807, 2.05) is 0 Å². The average molecular weight is 242 g/mol. The number of hydrogen-bond acceptors (Lipinski definition) is 8. The van der Waals surface area contributed by atoms with E-state index in [4.69, 9.17) is 15.8 Å². The van der Waals surface area contributed by atoms with E-state index in [0.29, 0.717) is 5.70 Å². The maximum Gasteiger partial charge on any atom is 0.343 e. The fourth-order valence-electron chi connectivity index (χ4n) is 1.44. The van der Waals surface area contributed by atoms with Gasteiger partial charge < -0.3 is 20.1 Å². The number of rotatable bonds is 4. The first-order chi connectivity index (χ1) is 8.15. The second-order valence-electron chi connectivity index (χ2n) is 3.15. The Morgan fingerprint density at radius 2 is 2.47 bits per heavy atom. The fraction of sp³-hybridized carbons (Fsp3) is 0.286. The minimum Gasteiger partial charge on any atom is -0.393 e. The molecule has 0 saturated heterocycles. The van der Waals surface area contributed by atoms with Crippen LogP contribution in [0.1, 0.15) is 5.82 Å². The second kappa shape index (κ2) is 4.37. The Morgan fingerprint density at radius 3 is 3.00 bits per heavy atom. The lowest BCUT2D eigenvalue weighted by molar-refractivity contribution is -0.392. The molecule has 92 valence electrons. The summed E-state index contributed by atoms with van der Waals surface area (Å²) in [6.07, 6.45) is 2.36. The zero-order valence-corrected chi connectivity index (χ0v) is 8.61. The van der Waals surface area contributed by atoms with E-state index < -0.39 is 4.92 Å². The van der Waals surface area contributed by atoms with E-state index in [1.165, 1.54) is 10.8 Å². The van der Waals surface area contributed by atoms with Gasteiger partial charge in [-0.05, 0) is 4.92 Å². The molecule has 0 saturated carbocycles. The van der Waals surface area contributed by atoms with E-state index in [9.17, 15) is 10.1 Å². The summed E-state index contributed by atoms with van der Waals surface area (Å²) < 4.78 is 1.24. The van der Waals surface area contributed by atoms with Crippen LogP contribution in [0.15, 0.2) is 12.5 Å². The molecule has 0 atom stereocenters. The molecular formula is C7H10N6O4. The van der Waals surface area contributed by atoms with Gasteiger partial charge in [-0.3, -0.25) is 0 Å². The van der Waals surface area contributed by atoms with Crippen molar-refractivity contribution in [2.45, 2.75) is 6.54 Å². The minimum atomic E-state index is -0.586. The molecule has 0 amide bonds. The smallest absolute Gasteiger partial charge is 0.343 e. The van der Waals surface area contributed by atoms with Gasteiger partial charge in [0.15, 0.2) is 5.70 Å². The Labute approximate surface area is 94.9 Å². The van der Waals surface area contributed by atoms with Crippen LogP contribution in [0, 0.1) is 10.1 Å². The molecule has 1 aliphatic heterocycles. The third-order valence-corrected chi connectivity index (χ3v) is 2.16. The number of nitrogens with zero attached hydrogens (tertiary/aromatic N) is 4. The highest BCUT2D eigenvalue weighted by atomic mass is 16.7. The van der Waals surface area contributed by atoms with Crippen molar-refractivity contribution in [3.63, 3.8) is 0 Å². The summed E-state index contributed by atoms with van der Waals surface area (Å²) in [6.45, 7) is -0.215. The van der Waals surface area contributed by atoms with Gasteiger partial charge in [0.05, 0.1) is 6.61 Å². The van der Waals surface area contributed by atoms with E-state index in [-0.39, 0.29) is 24.8 Å². The molecule has 1 aromatic heterocycles. The maximum absolute atomic E-state index is 10.8. The Bertz CT molecular complexity index is 469. The van der Waals surface area contributed by atoms with Crippen LogP contribution in [0.3, 0.4) is 0 Å². The van der Waals surface area contributed by atoms with Crippen LogP contribution in [-0.2, 0) is 11.4 Å². The molecule has 0 aromatic carbocycles. The maximum atomic E-state index is 10.8. The number of nitro groups is 1. The van der Waals surface area contributed by atoms with Crippen molar-refractivity contribution in [3.05, 3.63) is 28.4 Å². The number of aliphatic hydroxyl groups is 1. The highest BCUT2D eigenvalue weighted by Crippen LogP contribution is 2.22. The summed E-state index contributed by atoms with van der Waals surface area (Å²) in [5.74, 6) is 5.51. The van der Waals surface area contributed by atoms with Crippen LogP contribution < -0.4 is 11.4 Å². The molecule has 1 aromatic rings. The minimum absolute atomic E-state index is 0.0385. The molecule has 0 aliphatic carbocycles. The zero-order valence-electron chi connectivity index (χ0n) is 8.61. The van der Waals surface area contributed by atoms with Crippen molar-refractivity contribution in [2.75, 3.05) is 6.61 Å². The lowest BCUT2D eigenvalue weighted by Crippen LogP contribution is -2.37. The largest absolute Gasteiger partial charge is 0.393 e. The van der Waals surface area contributed by atoms with Crippen LogP contribution in [0.5, 0.6) is 0 Å². The zero-order chi connectivity index (χ0) is 12.4. The van der Waals surface area contributed by atoms with Crippen LogP contribution >= 0.6 is 0 Å². The van der Waals surface area contributed by atoms with E-state index in [2.05, 4.69) is 10.6 Å². The van der Waals surface area contributed by atoms with E-state index in [1.54, 1.807) is 0 Å². The molecule has 0 spiro atoms. The first-order valence-electron chi connectivity index (χ1n) is 4.62. The molecule has 2 rings (SSSR count). The molecule has 10 nitrogen and oxygen atoms in total. The predicted molar refractivity (Wildman–Crippen MR) is 54.2 cm³/mol. The van der Waals surface area contributed by atoms with Crippen molar-refractivity contribution < 1.29 is 14.9 Å². The molecule has 2 heterocycles. The summed E-state index contributed by atoms with van der Waals surface area (Å²) in [4.78, 5) is 18.8. The Balaban J connectivity index is 2.43. The number of nitrogens with two attached hydrogens (primary N) is 1. The average Bonchev–Trinajstić information content (AvgIpc) is 2.85. The van der Waals surface area contributed by atoms with Crippen LogP contribution in [0.4, 0.5) is 5.82 Å².